The zero-order chi connectivity index (χ0) is 10.7. The standard InChI is InChI=1S/C9H12ClN3S2/c1-14-9-11-7(10)6-8(12-9)13-2-4-15-5-3-13/h6H,2-5H2,1H3. The molecule has 0 unspecified atom stereocenters. The van der Waals surface area contributed by atoms with E-state index in [1.54, 1.807) is 0 Å². The second-order valence-electron chi connectivity index (χ2n) is 3.13. The number of aromatic nitrogens is 2. The first-order valence-corrected chi connectivity index (χ1v) is 7.46. The van der Waals surface area contributed by atoms with Crippen LogP contribution in [0.1, 0.15) is 0 Å². The molecule has 1 saturated heterocycles. The van der Waals surface area contributed by atoms with Crippen molar-refractivity contribution in [2.24, 2.45) is 0 Å². The number of nitrogens with zero attached hydrogens (tertiary/aromatic N) is 3. The zero-order valence-corrected chi connectivity index (χ0v) is 10.8. The summed E-state index contributed by atoms with van der Waals surface area (Å²) >= 11 is 9.46. The average Bonchev–Trinajstić information content (AvgIpc) is 2.29. The van der Waals surface area contributed by atoms with Crippen molar-refractivity contribution >= 4 is 40.9 Å². The minimum Gasteiger partial charge on any atom is -0.355 e. The molecule has 0 bridgehead atoms. The van der Waals surface area contributed by atoms with Crippen molar-refractivity contribution in [3.8, 4) is 0 Å². The van der Waals surface area contributed by atoms with E-state index in [-0.39, 0.29) is 0 Å². The fraction of sp³-hybridized carbons (Fsp3) is 0.556. The Bertz CT molecular complexity index is 342. The van der Waals surface area contributed by atoms with E-state index in [0.717, 1.165) is 35.6 Å². The maximum absolute atomic E-state index is 5.95. The van der Waals surface area contributed by atoms with Crippen LogP contribution in [0.4, 0.5) is 5.82 Å². The largest absolute Gasteiger partial charge is 0.355 e. The van der Waals surface area contributed by atoms with Crippen LogP contribution in [0.25, 0.3) is 0 Å². The van der Waals surface area contributed by atoms with Gasteiger partial charge in [0.1, 0.15) is 11.0 Å². The van der Waals surface area contributed by atoms with Gasteiger partial charge in [-0.3, -0.25) is 0 Å². The Kier molecular flexibility index (Phi) is 3.99. The molecule has 1 fully saturated rings. The molecule has 1 aliphatic heterocycles. The van der Waals surface area contributed by atoms with Crippen LogP contribution in [0.2, 0.25) is 5.15 Å². The smallest absolute Gasteiger partial charge is 0.190 e. The highest BCUT2D eigenvalue weighted by atomic mass is 35.5. The summed E-state index contributed by atoms with van der Waals surface area (Å²) in [5, 5.41) is 1.28. The lowest BCUT2D eigenvalue weighted by Gasteiger charge is -2.27. The van der Waals surface area contributed by atoms with Crippen molar-refractivity contribution in [1.29, 1.82) is 0 Å². The van der Waals surface area contributed by atoms with E-state index in [4.69, 9.17) is 11.6 Å². The summed E-state index contributed by atoms with van der Waals surface area (Å²) in [4.78, 5) is 10.9. The van der Waals surface area contributed by atoms with Gasteiger partial charge in [-0.15, -0.1) is 0 Å². The van der Waals surface area contributed by atoms with E-state index < -0.39 is 0 Å². The lowest BCUT2D eigenvalue weighted by molar-refractivity contribution is 0.814. The molecule has 82 valence electrons. The molecule has 0 amide bonds. The Labute approximate surface area is 103 Å². The van der Waals surface area contributed by atoms with Crippen LogP contribution in [0.3, 0.4) is 0 Å². The summed E-state index contributed by atoms with van der Waals surface area (Å²) < 4.78 is 0. The van der Waals surface area contributed by atoms with Crippen LogP contribution in [-0.2, 0) is 0 Å². The summed E-state index contributed by atoms with van der Waals surface area (Å²) in [5.74, 6) is 3.28. The fourth-order valence-corrected chi connectivity index (χ4v) is 2.94. The first kappa shape index (κ1) is 11.4. The Morgan fingerprint density at radius 3 is 2.80 bits per heavy atom. The van der Waals surface area contributed by atoms with Crippen LogP contribution in [-0.4, -0.2) is 40.8 Å². The number of halogens is 1. The predicted molar refractivity (Wildman–Crippen MR) is 68.4 cm³/mol. The second-order valence-corrected chi connectivity index (χ2v) is 5.52. The normalized spacial score (nSPS) is 16.8. The molecule has 2 heterocycles. The molecular weight excluding hydrogens is 250 g/mol. The van der Waals surface area contributed by atoms with Gasteiger partial charge >= 0.3 is 0 Å². The molecule has 15 heavy (non-hydrogen) atoms. The third kappa shape index (κ3) is 2.92. The molecule has 1 aromatic heterocycles. The van der Waals surface area contributed by atoms with Gasteiger partial charge in [0.2, 0.25) is 0 Å². The van der Waals surface area contributed by atoms with E-state index in [0.29, 0.717) is 5.15 Å². The van der Waals surface area contributed by atoms with Crippen LogP contribution in [0, 0.1) is 0 Å². The highest BCUT2D eigenvalue weighted by Gasteiger charge is 2.14. The SMILES string of the molecule is CSc1nc(Cl)cc(N2CCSCC2)n1. The summed E-state index contributed by atoms with van der Waals surface area (Å²) in [6.07, 6.45) is 1.96. The molecule has 3 nitrogen and oxygen atoms in total. The van der Waals surface area contributed by atoms with E-state index in [1.165, 1.54) is 11.8 Å². The predicted octanol–water partition coefficient (Wildman–Crippen LogP) is 2.41. The van der Waals surface area contributed by atoms with Crippen molar-refractivity contribution < 1.29 is 0 Å². The number of anilines is 1. The minimum absolute atomic E-state index is 0.530. The highest BCUT2D eigenvalue weighted by molar-refractivity contribution is 7.99. The molecule has 0 radical (unpaired) electrons. The third-order valence-electron chi connectivity index (χ3n) is 2.18. The van der Waals surface area contributed by atoms with Gasteiger partial charge in [0.05, 0.1) is 0 Å². The molecule has 0 aliphatic carbocycles. The zero-order valence-electron chi connectivity index (χ0n) is 8.44. The van der Waals surface area contributed by atoms with E-state index in [1.807, 2.05) is 24.1 Å². The molecule has 6 heteroatoms. The Hall–Kier alpha value is -0.130. The van der Waals surface area contributed by atoms with E-state index >= 15 is 0 Å². The van der Waals surface area contributed by atoms with Gasteiger partial charge in [-0.2, -0.15) is 11.8 Å². The van der Waals surface area contributed by atoms with Crippen LogP contribution >= 0.6 is 35.1 Å². The Morgan fingerprint density at radius 2 is 2.13 bits per heavy atom. The van der Waals surface area contributed by atoms with Gasteiger partial charge in [-0.05, 0) is 6.26 Å². The number of hydrogen-bond donors (Lipinski definition) is 0. The number of hydrogen-bond acceptors (Lipinski definition) is 5. The molecule has 0 aromatic carbocycles. The van der Waals surface area contributed by atoms with Crippen molar-refractivity contribution in [3.05, 3.63) is 11.2 Å². The quantitative estimate of drug-likeness (QED) is 0.463. The first-order valence-electron chi connectivity index (χ1n) is 4.71. The molecule has 0 spiro atoms. The molecule has 0 saturated carbocycles. The van der Waals surface area contributed by atoms with Gasteiger partial charge in [0, 0.05) is 30.7 Å². The van der Waals surface area contributed by atoms with Crippen LogP contribution < -0.4 is 4.90 Å². The topological polar surface area (TPSA) is 29.0 Å². The average molecular weight is 262 g/mol. The minimum atomic E-state index is 0.530. The summed E-state index contributed by atoms with van der Waals surface area (Å²) in [5.41, 5.74) is 0. The Balaban J connectivity index is 2.22. The van der Waals surface area contributed by atoms with Gasteiger partial charge in [0.15, 0.2) is 5.16 Å². The van der Waals surface area contributed by atoms with Gasteiger partial charge in [-0.1, -0.05) is 23.4 Å². The van der Waals surface area contributed by atoms with Gasteiger partial charge in [0.25, 0.3) is 0 Å². The summed E-state index contributed by atoms with van der Waals surface area (Å²) in [6, 6.07) is 1.84. The van der Waals surface area contributed by atoms with Crippen LogP contribution in [0.5, 0.6) is 0 Å². The highest BCUT2D eigenvalue weighted by Crippen LogP contribution is 2.22. The maximum atomic E-state index is 5.95. The monoisotopic (exact) mass is 261 g/mol. The maximum Gasteiger partial charge on any atom is 0.190 e. The molecule has 0 atom stereocenters. The van der Waals surface area contributed by atoms with E-state index in [2.05, 4.69) is 14.9 Å². The van der Waals surface area contributed by atoms with Gasteiger partial charge in [-0.25, -0.2) is 9.97 Å². The first-order chi connectivity index (χ1) is 7.29. The molecular formula is C9H12ClN3S2. The third-order valence-corrected chi connectivity index (χ3v) is 3.86. The summed E-state index contributed by atoms with van der Waals surface area (Å²) in [6.45, 7) is 2.09. The van der Waals surface area contributed by atoms with Crippen molar-refractivity contribution in [3.63, 3.8) is 0 Å². The fourth-order valence-electron chi connectivity index (χ4n) is 1.43. The second kappa shape index (κ2) is 5.27. The lowest BCUT2D eigenvalue weighted by atomic mass is 10.4. The van der Waals surface area contributed by atoms with Gasteiger partial charge < -0.3 is 4.90 Å². The summed E-state index contributed by atoms with van der Waals surface area (Å²) in [7, 11) is 0. The number of thioether (sulfide) groups is 2. The molecule has 1 aliphatic rings. The Morgan fingerprint density at radius 1 is 1.40 bits per heavy atom. The van der Waals surface area contributed by atoms with Crippen molar-refractivity contribution in [1.82, 2.24) is 9.97 Å². The van der Waals surface area contributed by atoms with Crippen molar-refractivity contribution in [2.75, 3.05) is 35.8 Å². The lowest BCUT2D eigenvalue weighted by Crippen LogP contribution is -2.33. The number of rotatable bonds is 2. The molecule has 2 rings (SSSR count). The van der Waals surface area contributed by atoms with Crippen molar-refractivity contribution in [2.45, 2.75) is 5.16 Å². The van der Waals surface area contributed by atoms with E-state index in [9.17, 15) is 0 Å². The molecule has 0 N–H and O–H groups in total. The molecule has 1 aromatic rings. The van der Waals surface area contributed by atoms with Crippen LogP contribution in [0.15, 0.2) is 11.2 Å².